The standard InChI is InChI=1S/C22H28Cl2O2/c23-11-1-3-13-25-17-19-7-5-9-21(15-19)22-10-6-8-20(16-22)18-26-14-4-2-12-24/h5-10,15-16H,1-4,11-14,17-18H2. The van der Waals surface area contributed by atoms with Crippen molar-refractivity contribution >= 4 is 23.2 Å². The highest BCUT2D eigenvalue weighted by molar-refractivity contribution is 6.18. The molecular weight excluding hydrogens is 367 g/mol. The Labute approximate surface area is 167 Å². The van der Waals surface area contributed by atoms with Crippen LogP contribution in [0.3, 0.4) is 0 Å². The molecule has 0 aromatic heterocycles. The first-order chi connectivity index (χ1) is 12.8. The lowest BCUT2D eigenvalue weighted by Crippen LogP contribution is -1.97. The number of halogens is 2. The number of benzene rings is 2. The second kappa shape index (κ2) is 13.2. The summed E-state index contributed by atoms with van der Waals surface area (Å²) in [5.41, 5.74) is 4.79. The van der Waals surface area contributed by atoms with Crippen LogP contribution >= 0.6 is 23.2 Å². The summed E-state index contributed by atoms with van der Waals surface area (Å²) >= 11 is 11.4. The molecule has 0 amide bonds. The molecule has 2 rings (SSSR count). The fourth-order valence-corrected chi connectivity index (χ4v) is 3.04. The molecule has 0 spiro atoms. The van der Waals surface area contributed by atoms with Crippen molar-refractivity contribution < 1.29 is 9.47 Å². The summed E-state index contributed by atoms with van der Waals surface area (Å²) in [7, 11) is 0. The maximum absolute atomic E-state index is 5.73. The van der Waals surface area contributed by atoms with E-state index in [0.29, 0.717) is 25.0 Å². The maximum atomic E-state index is 5.73. The van der Waals surface area contributed by atoms with Crippen LogP contribution in [0.5, 0.6) is 0 Å². The van der Waals surface area contributed by atoms with Gasteiger partial charge in [0.1, 0.15) is 0 Å². The highest BCUT2D eigenvalue weighted by atomic mass is 35.5. The molecule has 0 saturated heterocycles. The Morgan fingerprint density at radius 3 is 1.50 bits per heavy atom. The third-order valence-electron chi connectivity index (χ3n) is 4.07. The van der Waals surface area contributed by atoms with Crippen LogP contribution < -0.4 is 0 Å². The summed E-state index contributed by atoms with van der Waals surface area (Å²) < 4.78 is 11.5. The van der Waals surface area contributed by atoms with Crippen molar-refractivity contribution in [2.45, 2.75) is 38.9 Å². The highest BCUT2D eigenvalue weighted by Gasteiger charge is 2.02. The fourth-order valence-electron chi connectivity index (χ4n) is 2.66. The van der Waals surface area contributed by atoms with Gasteiger partial charge in [-0.3, -0.25) is 0 Å². The van der Waals surface area contributed by atoms with Crippen LogP contribution in [0.15, 0.2) is 48.5 Å². The van der Waals surface area contributed by atoms with Gasteiger partial charge in [-0.1, -0.05) is 36.4 Å². The lowest BCUT2D eigenvalue weighted by Gasteiger charge is -2.09. The Hall–Kier alpha value is -1.06. The highest BCUT2D eigenvalue weighted by Crippen LogP contribution is 2.22. The number of ether oxygens (including phenoxy) is 2. The number of hydrogen-bond acceptors (Lipinski definition) is 2. The normalized spacial score (nSPS) is 11.0. The third-order valence-corrected chi connectivity index (χ3v) is 4.60. The zero-order chi connectivity index (χ0) is 18.5. The van der Waals surface area contributed by atoms with Gasteiger partial charge in [-0.15, -0.1) is 23.2 Å². The zero-order valence-electron chi connectivity index (χ0n) is 15.3. The van der Waals surface area contributed by atoms with Gasteiger partial charge in [0.05, 0.1) is 13.2 Å². The summed E-state index contributed by atoms with van der Waals surface area (Å²) in [6.07, 6.45) is 4.02. The van der Waals surface area contributed by atoms with Crippen molar-refractivity contribution in [3.63, 3.8) is 0 Å². The lowest BCUT2D eigenvalue weighted by atomic mass is 10.0. The number of hydrogen-bond donors (Lipinski definition) is 0. The van der Waals surface area contributed by atoms with Crippen molar-refractivity contribution in [2.24, 2.45) is 0 Å². The predicted octanol–water partition coefficient (Wildman–Crippen LogP) is 6.42. The summed E-state index contributed by atoms with van der Waals surface area (Å²) in [4.78, 5) is 0. The van der Waals surface area contributed by atoms with E-state index < -0.39 is 0 Å². The molecule has 0 heterocycles. The zero-order valence-corrected chi connectivity index (χ0v) is 16.8. The molecule has 142 valence electrons. The smallest absolute Gasteiger partial charge is 0.0717 e. The molecule has 0 unspecified atom stereocenters. The minimum atomic E-state index is 0.638. The molecule has 0 atom stereocenters. The summed E-state index contributed by atoms with van der Waals surface area (Å²) in [6.45, 7) is 2.79. The molecule has 2 nitrogen and oxygen atoms in total. The van der Waals surface area contributed by atoms with Crippen molar-refractivity contribution in [3.8, 4) is 11.1 Å². The van der Waals surface area contributed by atoms with E-state index in [0.717, 1.165) is 38.9 Å². The fraction of sp³-hybridized carbons (Fsp3) is 0.455. The first-order valence-electron chi connectivity index (χ1n) is 9.29. The second-order valence-corrected chi connectivity index (χ2v) is 7.05. The molecule has 2 aromatic carbocycles. The Balaban J connectivity index is 1.89. The molecule has 26 heavy (non-hydrogen) atoms. The molecule has 0 aliphatic heterocycles. The molecule has 4 heteroatoms. The van der Waals surface area contributed by atoms with Crippen molar-refractivity contribution in [1.29, 1.82) is 0 Å². The molecule has 0 aliphatic rings. The molecule has 0 bridgehead atoms. The van der Waals surface area contributed by atoms with E-state index in [-0.39, 0.29) is 0 Å². The Bertz CT molecular complexity index is 576. The van der Waals surface area contributed by atoms with Gasteiger partial charge < -0.3 is 9.47 Å². The van der Waals surface area contributed by atoms with E-state index in [1.807, 2.05) is 0 Å². The van der Waals surface area contributed by atoms with Gasteiger partial charge in [-0.05, 0) is 60.1 Å². The van der Waals surface area contributed by atoms with Crippen LogP contribution in [0.4, 0.5) is 0 Å². The van der Waals surface area contributed by atoms with E-state index in [1.165, 1.54) is 22.3 Å². The lowest BCUT2D eigenvalue weighted by molar-refractivity contribution is 0.118. The predicted molar refractivity (Wildman–Crippen MR) is 111 cm³/mol. The van der Waals surface area contributed by atoms with Crippen molar-refractivity contribution in [1.82, 2.24) is 0 Å². The molecule has 0 fully saturated rings. The van der Waals surface area contributed by atoms with Crippen LogP contribution in [-0.2, 0) is 22.7 Å². The van der Waals surface area contributed by atoms with E-state index in [1.54, 1.807) is 0 Å². The van der Waals surface area contributed by atoms with Gasteiger partial charge in [-0.25, -0.2) is 0 Å². The summed E-state index contributed by atoms with van der Waals surface area (Å²) in [5.74, 6) is 1.40. The maximum Gasteiger partial charge on any atom is 0.0717 e. The minimum Gasteiger partial charge on any atom is -0.377 e. The first kappa shape index (κ1) is 21.2. The van der Waals surface area contributed by atoms with Crippen molar-refractivity contribution in [3.05, 3.63) is 59.7 Å². The first-order valence-corrected chi connectivity index (χ1v) is 10.4. The largest absolute Gasteiger partial charge is 0.377 e. The second-order valence-electron chi connectivity index (χ2n) is 6.30. The Morgan fingerprint density at radius 1 is 0.615 bits per heavy atom. The summed E-state index contributed by atoms with van der Waals surface area (Å²) in [6, 6.07) is 17.0. The average molecular weight is 395 g/mol. The molecule has 0 radical (unpaired) electrons. The topological polar surface area (TPSA) is 18.5 Å². The van der Waals surface area contributed by atoms with Crippen LogP contribution in [0.1, 0.15) is 36.8 Å². The van der Waals surface area contributed by atoms with Crippen LogP contribution in [0.2, 0.25) is 0 Å². The van der Waals surface area contributed by atoms with Gasteiger partial charge >= 0.3 is 0 Å². The molecular formula is C22H28Cl2O2. The van der Waals surface area contributed by atoms with Gasteiger partial charge in [0.2, 0.25) is 0 Å². The summed E-state index contributed by atoms with van der Waals surface area (Å²) in [5, 5.41) is 0. The average Bonchev–Trinajstić information content (AvgIpc) is 2.68. The van der Waals surface area contributed by atoms with Crippen LogP contribution in [-0.4, -0.2) is 25.0 Å². The van der Waals surface area contributed by atoms with Gasteiger partial charge in [-0.2, -0.15) is 0 Å². The molecule has 2 aromatic rings. The van der Waals surface area contributed by atoms with Crippen molar-refractivity contribution in [2.75, 3.05) is 25.0 Å². The third kappa shape index (κ3) is 8.09. The van der Waals surface area contributed by atoms with Crippen LogP contribution in [0, 0.1) is 0 Å². The van der Waals surface area contributed by atoms with E-state index in [9.17, 15) is 0 Å². The monoisotopic (exact) mass is 394 g/mol. The van der Waals surface area contributed by atoms with E-state index >= 15 is 0 Å². The molecule has 0 aliphatic carbocycles. The van der Waals surface area contributed by atoms with Gasteiger partial charge in [0.15, 0.2) is 0 Å². The quantitative estimate of drug-likeness (QED) is 0.288. The Kier molecular flexibility index (Phi) is 10.8. The number of alkyl halides is 2. The minimum absolute atomic E-state index is 0.638. The van der Waals surface area contributed by atoms with Crippen LogP contribution in [0.25, 0.3) is 11.1 Å². The molecule has 0 N–H and O–H groups in total. The van der Waals surface area contributed by atoms with Gasteiger partial charge in [0.25, 0.3) is 0 Å². The SMILES string of the molecule is ClCCCCOCc1cccc(-c2cccc(COCCCCCl)c2)c1. The van der Waals surface area contributed by atoms with Gasteiger partial charge in [0, 0.05) is 25.0 Å². The Morgan fingerprint density at radius 2 is 1.08 bits per heavy atom. The molecule has 0 saturated carbocycles. The van der Waals surface area contributed by atoms with E-state index in [2.05, 4.69) is 48.5 Å². The van der Waals surface area contributed by atoms with E-state index in [4.69, 9.17) is 32.7 Å². The number of unbranched alkanes of at least 4 members (excludes halogenated alkanes) is 2. The number of rotatable bonds is 13.